The minimum atomic E-state index is -3.74. The lowest BCUT2D eigenvalue weighted by molar-refractivity contribution is -0.121. The van der Waals surface area contributed by atoms with Crippen molar-refractivity contribution in [3.05, 3.63) is 46.6 Å². The van der Waals surface area contributed by atoms with Gasteiger partial charge in [0.2, 0.25) is 5.91 Å². The van der Waals surface area contributed by atoms with Crippen LogP contribution in [0.4, 0.5) is 10.1 Å². The fourth-order valence-corrected chi connectivity index (χ4v) is 5.18. The van der Waals surface area contributed by atoms with Gasteiger partial charge in [-0.2, -0.15) is 4.31 Å². The summed E-state index contributed by atoms with van der Waals surface area (Å²) in [7, 11) is -0.629. The molecule has 0 saturated carbocycles. The quantitative estimate of drug-likeness (QED) is 0.617. The van der Waals surface area contributed by atoms with Crippen LogP contribution >= 0.6 is 22.9 Å². The van der Waals surface area contributed by atoms with Crippen LogP contribution in [-0.4, -0.2) is 52.4 Å². The summed E-state index contributed by atoms with van der Waals surface area (Å²) in [5.41, 5.74) is 0.490. The second kappa shape index (κ2) is 9.50. The van der Waals surface area contributed by atoms with Crippen molar-refractivity contribution < 1.29 is 17.6 Å². The lowest BCUT2D eigenvalue weighted by atomic mass is 10.2. The van der Waals surface area contributed by atoms with Gasteiger partial charge in [-0.15, -0.1) is 11.3 Å². The first kappa shape index (κ1) is 21.6. The Labute approximate surface area is 167 Å². The van der Waals surface area contributed by atoms with Crippen LogP contribution in [0.25, 0.3) is 0 Å². The number of hydrogen-bond donors (Lipinski definition) is 1. The number of thiophene rings is 1. The van der Waals surface area contributed by atoms with E-state index in [0.717, 1.165) is 15.6 Å². The Hall–Kier alpha value is -1.68. The van der Waals surface area contributed by atoms with Crippen LogP contribution in [0.15, 0.2) is 40.6 Å². The number of likely N-dealkylation sites (N-methyl/N-ethyl adjacent to an activating group) is 1. The zero-order valence-corrected chi connectivity index (χ0v) is 17.4. The molecule has 0 saturated heterocycles. The number of halogens is 2. The first-order valence-electron chi connectivity index (χ1n) is 8.16. The number of hydrogen-bond acceptors (Lipinski definition) is 5. The third-order valence-corrected chi connectivity index (χ3v) is 7.34. The molecule has 10 heteroatoms. The Morgan fingerprint density at radius 2 is 1.93 bits per heavy atom. The maximum absolute atomic E-state index is 13.7. The van der Waals surface area contributed by atoms with Crippen molar-refractivity contribution in [1.82, 2.24) is 9.62 Å². The molecule has 1 aromatic heterocycles. The molecule has 1 aromatic carbocycles. The molecule has 0 fully saturated rings. The first-order chi connectivity index (χ1) is 12.7. The Bertz CT molecular complexity index is 889. The monoisotopic (exact) mass is 433 g/mol. The molecule has 6 nitrogen and oxygen atoms in total. The largest absolute Gasteiger partial charge is 0.372 e. The number of carbonyl (C=O) groups excluding carboxylic acids is 1. The minimum absolute atomic E-state index is 0.0920. The summed E-state index contributed by atoms with van der Waals surface area (Å²) in [5, 5.41) is 2.68. The molecule has 0 aliphatic heterocycles. The molecule has 0 bridgehead atoms. The second-order valence-corrected chi connectivity index (χ2v) is 9.88. The van der Waals surface area contributed by atoms with Crippen LogP contribution in [0.1, 0.15) is 6.42 Å². The number of amides is 1. The number of sulfonamides is 1. The Morgan fingerprint density at radius 1 is 1.22 bits per heavy atom. The number of carbonyl (C=O) groups is 1. The third-order valence-electron chi connectivity index (χ3n) is 3.84. The van der Waals surface area contributed by atoms with Gasteiger partial charge in [0.25, 0.3) is 10.0 Å². The molecule has 0 radical (unpaired) electrons. The van der Waals surface area contributed by atoms with Gasteiger partial charge in [0, 0.05) is 27.2 Å². The number of nitrogens with one attached hydrogen (secondary N) is 1. The summed E-state index contributed by atoms with van der Waals surface area (Å²) >= 11 is 6.71. The highest BCUT2D eigenvalue weighted by molar-refractivity contribution is 7.91. The van der Waals surface area contributed by atoms with E-state index in [1.165, 1.54) is 25.2 Å². The second-order valence-electron chi connectivity index (χ2n) is 5.90. The standard InChI is InChI=1S/C17H21ClFN3O3S2/c1-21(14-7-4-3-6-13(14)19)11-5-10-20-16(23)12-22(2)27(24,25)17-9-8-15(18)26-17/h3-4,6-9H,5,10-12H2,1-2H3,(H,20,23). The molecule has 1 N–H and O–H groups in total. The van der Waals surface area contributed by atoms with E-state index in [1.807, 2.05) is 0 Å². The average Bonchev–Trinajstić information content (AvgIpc) is 3.06. The lowest BCUT2D eigenvalue weighted by Gasteiger charge is -2.20. The fraction of sp³-hybridized carbons (Fsp3) is 0.353. The fourth-order valence-electron chi connectivity index (χ4n) is 2.36. The summed E-state index contributed by atoms with van der Waals surface area (Å²) in [6.07, 6.45) is 0.591. The van der Waals surface area contributed by atoms with Gasteiger partial charge >= 0.3 is 0 Å². The topological polar surface area (TPSA) is 69.7 Å². The molecule has 1 amide bonds. The number of benzene rings is 1. The normalized spacial score (nSPS) is 11.6. The predicted molar refractivity (Wildman–Crippen MR) is 106 cm³/mol. The maximum Gasteiger partial charge on any atom is 0.252 e. The van der Waals surface area contributed by atoms with Gasteiger partial charge in [0.15, 0.2) is 0 Å². The summed E-state index contributed by atoms with van der Waals surface area (Å²) in [6, 6.07) is 9.37. The van der Waals surface area contributed by atoms with Crippen molar-refractivity contribution in [2.75, 3.05) is 38.6 Å². The zero-order chi connectivity index (χ0) is 20.0. The number of anilines is 1. The Balaban J connectivity index is 1.77. The van der Waals surface area contributed by atoms with Crippen molar-refractivity contribution in [2.24, 2.45) is 0 Å². The van der Waals surface area contributed by atoms with Crippen LogP contribution in [0.3, 0.4) is 0 Å². The van der Waals surface area contributed by atoms with Crippen molar-refractivity contribution in [1.29, 1.82) is 0 Å². The van der Waals surface area contributed by atoms with Crippen LogP contribution in [-0.2, 0) is 14.8 Å². The maximum atomic E-state index is 13.7. The molecule has 0 unspecified atom stereocenters. The van der Waals surface area contributed by atoms with Gasteiger partial charge in [-0.25, -0.2) is 12.8 Å². The molecule has 0 aliphatic carbocycles. The van der Waals surface area contributed by atoms with Gasteiger partial charge in [0.1, 0.15) is 10.0 Å². The van der Waals surface area contributed by atoms with Gasteiger partial charge in [-0.1, -0.05) is 23.7 Å². The van der Waals surface area contributed by atoms with E-state index >= 15 is 0 Å². The van der Waals surface area contributed by atoms with Crippen LogP contribution in [0.5, 0.6) is 0 Å². The van der Waals surface area contributed by atoms with Crippen molar-refractivity contribution in [2.45, 2.75) is 10.6 Å². The Morgan fingerprint density at radius 3 is 2.56 bits per heavy atom. The zero-order valence-electron chi connectivity index (χ0n) is 15.0. The highest BCUT2D eigenvalue weighted by atomic mass is 35.5. The van der Waals surface area contributed by atoms with Gasteiger partial charge < -0.3 is 10.2 Å². The van der Waals surface area contributed by atoms with Crippen molar-refractivity contribution >= 4 is 44.6 Å². The molecule has 0 spiro atoms. The number of nitrogens with zero attached hydrogens (tertiary/aromatic N) is 2. The molecule has 0 atom stereocenters. The Kier molecular flexibility index (Phi) is 7.60. The average molecular weight is 434 g/mol. The van der Waals surface area contributed by atoms with Crippen molar-refractivity contribution in [3.63, 3.8) is 0 Å². The molecule has 0 aliphatic rings. The smallest absolute Gasteiger partial charge is 0.252 e. The van der Waals surface area contributed by atoms with E-state index < -0.39 is 15.9 Å². The summed E-state index contributed by atoms with van der Waals surface area (Å²) in [6.45, 7) is 0.612. The predicted octanol–water partition coefficient (Wildman–Crippen LogP) is 2.80. The first-order valence-corrected chi connectivity index (χ1v) is 10.8. The van der Waals surface area contributed by atoms with Crippen LogP contribution in [0, 0.1) is 5.82 Å². The van der Waals surface area contributed by atoms with E-state index in [1.54, 1.807) is 30.1 Å². The SMILES string of the molecule is CN(CCCNC(=O)CN(C)S(=O)(=O)c1ccc(Cl)s1)c1ccccc1F. The van der Waals surface area contributed by atoms with Gasteiger partial charge in [-0.05, 0) is 30.7 Å². The highest BCUT2D eigenvalue weighted by Crippen LogP contribution is 2.27. The van der Waals surface area contributed by atoms with E-state index in [-0.39, 0.29) is 16.6 Å². The van der Waals surface area contributed by atoms with Crippen LogP contribution < -0.4 is 10.2 Å². The van der Waals surface area contributed by atoms with Gasteiger partial charge in [0.05, 0.1) is 16.6 Å². The van der Waals surface area contributed by atoms with E-state index in [2.05, 4.69) is 5.32 Å². The highest BCUT2D eigenvalue weighted by Gasteiger charge is 2.24. The molecular weight excluding hydrogens is 413 g/mol. The number of rotatable bonds is 9. The van der Waals surface area contributed by atoms with E-state index in [9.17, 15) is 17.6 Å². The summed E-state index contributed by atoms with van der Waals surface area (Å²) in [4.78, 5) is 13.8. The summed E-state index contributed by atoms with van der Waals surface area (Å²) in [5.74, 6) is -0.707. The molecule has 1 heterocycles. The van der Waals surface area contributed by atoms with Crippen molar-refractivity contribution in [3.8, 4) is 0 Å². The molecule has 148 valence electrons. The van der Waals surface area contributed by atoms with E-state index in [4.69, 9.17) is 11.6 Å². The van der Waals surface area contributed by atoms with E-state index in [0.29, 0.717) is 29.5 Å². The molecule has 2 aromatic rings. The number of para-hydroxylation sites is 1. The molecular formula is C17H21ClFN3O3S2. The minimum Gasteiger partial charge on any atom is -0.372 e. The summed E-state index contributed by atoms with van der Waals surface area (Å²) < 4.78 is 39.8. The van der Waals surface area contributed by atoms with Crippen LogP contribution in [0.2, 0.25) is 4.34 Å². The molecule has 27 heavy (non-hydrogen) atoms. The lowest BCUT2D eigenvalue weighted by Crippen LogP contribution is -2.39. The molecule has 2 rings (SSSR count). The third kappa shape index (κ3) is 5.90. The van der Waals surface area contributed by atoms with Gasteiger partial charge in [-0.3, -0.25) is 4.79 Å².